The van der Waals surface area contributed by atoms with Crippen LogP contribution in [0.4, 0.5) is 18.9 Å². The Balaban J connectivity index is 3.21. The highest BCUT2D eigenvalue weighted by Crippen LogP contribution is 2.28. The molecule has 1 aromatic rings. The second-order valence-corrected chi connectivity index (χ2v) is 5.04. The summed E-state index contributed by atoms with van der Waals surface area (Å²) in [5.74, 6) is -1.93. The van der Waals surface area contributed by atoms with Crippen molar-refractivity contribution in [2.75, 3.05) is 24.7 Å². The zero-order valence-electron chi connectivity index (χ0n) is 13.7. The van der Waals surface area contributed by atoms with Crippen LogP contribution in [0.5, 0.6) is 0 Å². The summed E-state index contributed by atoms with van der Waals surface area (Å²) in [6, 6.07) is 5.00. The lowest BCUT2D eigenvalue weighted by Crippen LogP contribution is -2.46. The summed E-state index contributed by atoms with van der Waals surface area (Å²) in [7, 11) is 0. The van der Waals surface area contributed by atoms with Crippen LogP contribution in [-0.2, 0) is 14.3 Å². The Morgan fingerprint density at radius 2 is 1.74 bits per heavy atom. The van der Waals surface area contributed by atoms with Crippen molar-refractivity contribution >= 4 is 11.6 Å². The van der Waals surface area contributed by atoms with Gasteiger partial charge in [-0.2, -0.15) is 13.2 Å². The molecule has 0 saturated heterocycles. The van der Waals surface area contributed by atoms with E-state index in [9.17, 15) is 18.0 Å². The first kappa shape index (κ1) is 19.4. The Labute approximate surface area is 134 Å². The molecule has 1 amide bonds. The molecule has 0 N–H and O–H groups in total. The number of aryl methyl sites for hydroxylation is 2. The number of amides is 1. The smallest absolute Gasteiger partial charge is 0.351 e. The van der Waals surface area contributed by atoms with Crippen LogP contribution in [0, 0.1) is 13.8 Å². The van der Waals surface area contributed by atoms with Gasteiger partial charge in [0.2, 0.25) is 0 Å². The van der Waals surface area contributed by atoms with Crippen molar-refractivity contribution in [2.24, 2.45) is 0 Å². The minimum Gasteiger partial charge on any atom is -0.351 e. The van der Waals surface area contributed by atoms with Crippen LogP contribution in [0.2, 0.25) is 0 Å². The number of ether oxygens (including phenoxy) is 2. The van der Waals surface area contributed by atoms with Crippen molar-refractivity contribution in [1.82, 2.24) is 0 Å². The third-order valence-electron chi connectivity index (χ3n) is 3.18. The van der Waals surface area contributed by atoms with E-state index < -0.39 is 18.4 Å². The van der Waals surface area contributed by atoms with Crippen molar-refractivity contribution in [3.05, 3.63) is 29.3 Å². The molecule has 0 heterocycles. The minimum absolute atomic E-state index is 0.205. The number of benzene rings is 1. The van der Waals surface area contributed by atoms with Crippen LogP contribution >= 0.6 is 0 Å². The molecular weight excluding hydrogens is 311 g/mol. The number of nitrogens with zero attached hydrogens (tertiary/aromatic N) is 1. The molecule has 0 aliphatic rings. The van der Waals surface area contributed by atoms with Crippen molar-refractivity contribution in [1.29, 1.82) is 0 Å². The van der Waals surface area contributed by atoms with Gasteiger partial charge in [-0.05, 0) is 44.9 Å². The molecule has 0 aliphatic heterocycles. The fourth-order valence-corrected chi connectivity index (χ4v) is 2.13. The largest absolute Gasteiger partial charge is 0.471 e. The van der Waals surface area contributed by atoms with Crippen molar-refractivity contribution < 1.29 is 27.4 Å². The zero-order valence-corrected chi connectivity index (χ0v) is 13.7. The predicted molar refractivity (Wildman–Crippen MR) is 81.4 cm³/mol. The quantitative estimate of drug-likeness (QED) is 0.716. The van der Waals surface area contributed by atoms with Gasteiger partial charge in [0.25, 0.3) is 0 Å². The van der Waals surface area contributed by atoms with Crippen molar-refractivity contribution in [3.8, 4) is 0 Å². The summed E-state index contributed by atoms with van der Waals surface area (Å²) in [6.07, 6.45) is -5.89. The minimum atomic E-state index is -4.97. The molecule has 0 fully saturated rings. The van der Waals surface area contributed by atoms with E-state index >= 15 is 0 Å². The average molecular weight is 333 g/mol. The maximum absolute atomic E-state index is 13.0. The van der Waals surface area contributed by atoms with Crippen LogP contribution < -0.4 is 4.90 Å². The van der Waals surface area contributed by atoms with Crippen molar-refractivity contribution in [3.63, 3.8) is 0 Å². The molecule has 0 aliphatic carbocycles. The maximum atomic E-state index is 13.0. The van der Waals surface area contributed by atoms with E-state index in [2.05, 4.69) is 0 Å². The molecule has 130 valence electrons. The van der Waals surface area contributed by atoms with E-state index in [1.807, 2.05) is 0 Å². The number of hydrogen-bond acceptors (Lipinski definition) is 3. The summed E-state index contributed by atoms with van der Waals surface area (Å²) in [5.41, 5.74) is 1.53. The van der Waals surface area contributed by atoms with Crippen LogP contribution in [0.3, 0.4) is 0 Å². The molecule has 0 aromatic heterocycles. The Kier molecular flexibility index (Phi) is 7.02. The third kappa shape index (κ3) is 5.51. The molecule has 0 bridgehead atoms. The number of anilines is 1. The fraction of sp³-hybridized carbons (Fsp3) is 0.562. The lowest BCUT2D eigenvalue weighted by atomic mass is 10.1. The van der Waals surface area contributed by atoms with E-state index in [4.69, 9.17) is 9.47 Å². The molecule has 4 nitrogen and oxygen atoms in total. The SMILES string of the molecule is CCOC(CN(C(=O)C(F)(F)F)c1cc(C)ccc1C)OCC. The summed E-state index contributed by atoms with van der Waals surface area (Å²) in [5, 5.41) is 0. The fourth-order valence-electron chi connectivity index (χ4n) is 2.13. The molecular formula is C16H22F3NO3. The first-order valence-corrected chi connectivity index (χ1v) is 7.39. The second kappa shape index (κ2) is 8.31. The maximum Gasteiger partial charge on any atom is 0.471 e. The molecule has 0 radical (unpaired) electrons. The molecule has 1 rings (SSSR count). The second-order valence-electron chi connectivity index (χ2n) is 5.04. The first-order valence-electron chi connectivity index (χ1n) is 7.39. The van der Waals surface area contributed by atoms with Crippen LogP contribution in [0.25, 0.3) is 0 Å². The number of rotatable bonds is 7. The molecule has 1 aromatic carbocycles. The first-order chi connectivity index (χ1) is 10.7. The van der Waals surface area contributed by atoms with Gasteiger partial charge in [-0.1, -0.05) is 12.1 Å². The lowest BCUT2D eigenvalue weighted by Gasteiger charge is -2.29. The van der Waals surface area contributed by atoms with Crippen LogP contribution in [0.1, 0.15) is 25.0 Å². The molecule has 0 spiro atoms. The van der Waals surface area contributed by atoms with Crippen LogP contribution in [-0.4, -0.2) is 38.1 Å². The van der Waals surface area contributed by atoms with Gasteiger partial charge < -0.3 is 9.47 Å². The highest BCUT2D eigenvalue weighted by molar-refractivity contribution is 5.98. The topological polar surface area (TPSA) is 38.8 Å². The van der Waals surface area contributed by atoms with E-state index in [0.717, 1.165) is 5.56 Å². The van der Waals surface area contributed by atoms with Gasteiger partial charge in [0, 0.05) is 18.9 Å². The van der Waals surface area contributed by atoms with Gasteiger partial charge in [-0.3, -0.25) is 9.69 Å². The van der Waals surface area contributed by atoms with Crippen LogP contribution in [0.15, 0.2) is 18.2 Å². The Hall–Kier alpha value is -1.60. The van der Waals surface area contributed by atoms with Gasteiger partial charge in [-0.25, -0.2) is 0 Å². The monoisotopic (exact) mass is 333 g/mol. The number of hydrogen-bond donors (Lipinski definition) is 0. The summed E-state index contributed by atoms with van der Waals surface area (Å²) < 4.78 is 49.5. The Bertz CT molecular complexity index is 526. The predicted octanol–water partition coefficient (Wildman–Crippen LogP) is 3.60. The van der Waals surface area contributed by atoms with E-state index in [1.165, 1.54) is 0 Å². The molecule has 7 heteroatoms. The van der Waals surface area contributed by atoms with E-state index in [-0.39, 0.29) is 25.4 Å². The Morgan fingerprint density at radius 1 is 1.17 bits per heavy atom. The van der Waals surface area contributed by atoms with E-state index in [0.29, 0.717) is 10.5 Å². The number of halogens is 3. The van der Waals surface area contributed by atoms with Gasteiger partial charge in [0.05, 0.1) is 6.54 Å². The highest BCUT2D eigenvalue weighted by Gasteiger charge is 2.44. The number of carbonyl (C=O) groups excluding carboxylic acids is 1. The molecule has 0 unspecified atom stereocenters. The molecule has 23 heavy (non-hydrogen) atoms. The standard InChI is InChI=1S/C16H22F3NO3/c1-5-22-14(23-6-2)10-20(15(21)16(17,18)19)13-9-11(3)7-8-12(13)4/h7-9,14H,5-6,10H2,1-4H3. The van der Waals surface area contributed by atoms with E-state index in [1.54, 1.807) is 45.9 Å². The molecule has 0 atom stereocenters. The highest BCUT2D eigenvalue weighted by atomic mass is 19.4. The zero-order chi connectivity index (χ0) is 17.6. The normalized spacial score (nSPS) is 11.8. The summed E-state index contributed by atoms with van der Waals surface area (Å²) in [4.78, 5) is 12.5. The summed E-state index contributed by atoms with van der Waals surface area (Å²) >= 11 is 0. The van der Waals surface area contributed by atoms with Gasteiger partial charge in [-0.15, -0.1) is 0 Å². The number of alkyl halides is 3. The third-order valence-corrected chi connectivity index (χ3v) is 3.18. The van der Waals surface area contributed by atoms with Gasteiger partial charge >= 0.3 is 12.1 Å². The Morgan fingerprint density at radius 3 is 2.22 bits per heavy atom. The lowest BCUT2D eigenvalue weighted by molar-refractivity contribution is -0.173. The van der Waals surface area contributed by atoms with Gasteiger partial charge in [0.15, 0.2) is 6.29 Å². The molecule has 0 saturated carbocycles. The van der Waals surface area contributed by atoms with Crippen molar-refractivity contribution in [2.45, 2.75) is 40.2 Å². The van der Waals surface area contributed by atoms with Gasteiger partial charge in [0.1, 0.15) is 0 Å². The summed E-state index contributed by atoms with van der Waals surface area (Å²) in [6.45, 7) is 7.03. The number of carbonyl (C=O) groups is 1. The average Bonchev–Trinajstić information content (AvgIpc) is 2.46.